The van der Waals surface area contributed by atoms with Crippen LogP contribution in [0.15, 0.2) is 48.0 Å². The lowest BCUT2D eigenvalue weighted by atomic mass is 9.74. The number of hydrogen-bond donors (Lipinski definition) is 1. The summed E-state index contributed by atoms with van der Waals surface area (Å²) in [6, 6.07) is 13.3. The van der Waals surface area contributed by atoms with Crippen molar-refractivity contribution in [3.8, 4) is 10.6 Å². The minimum absolute atomic E-state index is 0.604. The summed E-state index contributed by atoms with van der Waals surface area (Å²) in [5.74, 6) is 1.37. The topological polar surface area (TPSA) is 46.0 Å². The number of fused-ring (bicyclic) bond motifs is 3. The van der Waals surface area contributed by atoms with Crippen LogP contribution in [0.3, 0.4) is 0 Å². The van der Waals surface area contributed by atoms with Gasteiger partial charge in [-0.15, -0.1) is 11.3 Å². The Morgan fingerprint density at radius 1 is 1.25 bits per heavy atom. The second-order valence-electron chi connectivity index (χ2n) is 8.05. The lowest BCUT2D eigenvalue weighted by Gasteiger charge is -2.50. The van der Waals surface area contributed by atoms with Crippen molar-refractivity contribution < 1.29 is 0 Å². The number of pyridine rings is 1. The third-order valence-corrected chi connectivity index (χ3v) is 7.25. The molecular formula is C22H27N5S. The predicted octanol–water partition coefficient (Wildman–Crippen LogP) is 3.51. The van der Waals surface area contributed by atoms with Crippen molar-refractivity contribution in [2.45, 2.75) is 31.3 Å². The molecule has 0 saturated carbocycles. The molecule has 3 aliphatic heterocycles. The molecule has 3 aromatic heterocycles. The molecule has 5 nitrogen and oxygen atoms in total. The summed E-state index contributed by atoms with van der Waals surface area (Å²) in [5, 5.41) is 10.6. The fraction of sp³-hybridized carbons (Fsp3) is 0.455. The quantitative estimate of drug-likeness (QED) is 0.696. The molecule has 3 aromatic rings. The summed E-state index contributed by atoms with van der Waals surface area (Å²) < 4.78 is 2.12. The van der Waals surface area contributed by atoms with E-state index >= 15 is 0 Å². The number of piperidine rings is 3. The number of hydrogen-bond acceptors (Lipinski definition) is 5. The lowest BCUT2D eigenvalue weighted by molar-refractivity contribution is 0.0281. The molecule has 0 spiro atoms. The first-order valence-corrected chi connectivity index (χ1v) is 11.1. The van der Waals surface area contributed by atoms with Crippen LogP contribution in [-0.2, 0) is 13.6 Å². The Hall–Kier alpha value is -2.02. The summed E-state index contributed by atoms with van der Waals surface area (Å²) in [5.41, 5.74) is 3.64. The summed E-state index contributed by atoms with van der Waals surface area (Å²) in [6.45, 7) is 4.29. The third kappa shape index (κ3) is 3.52. The van der Waals surface area contributed by atoms with E-state index in [1.165, 1.54) is 30.0 Å². The molecule has 0 aromatic carbocycles. The van der Waals surface area contributed by atoms with E-state index in [2.05, 4.69) is 62.6 Å². The van der Waals surface area contributed by atoms with Gasteiger partial charge >= 0.3 is 0 Å². The van der Waals surface area contributed by atoms with Gasteiger partial charge in [-0.1, -0.05) is 12.1 Å². The van der Waals surface area contributed by atoms with E-state index < -0.39 is 0 Å². The zero-order chi connectivity index (χ0) is 18.9. The maximum atomic E-state index is 4.80. The van der Waals surface area contributed by atoms with Crippen LogP contribution in [0.4, 0.5) is 0 Å². The molecule has 6 heteroatoms. The molecule has 0 aliphatic carbocycles. The highest BCUT2D eigenvalue weighted by atomic mass is 32.1. The molecule has 146 valence electrons. The molecule has 1 N–H and O–H groups in total. The lowest BCUT2D eigenvalue weighted by Crippen LogP contribution is -2.55. The van der Waals surface area contributed by atoms with E-state index in [1.54, 1.807) is 11.3 Å². The number of aryl methyl sites for hydroxylation is 1. The minimum Gasteiger partial charge on any atom is -0.310 e. The largest absolute Gasteiger partial charge is 0.310 e. The fourth-order valence-electron chi connectivity index (χ4n) is 4.93. The van der Waals surface area contributed by atoms with Gasteiger partial charge in [0, 0.05) is 50.5 Å². The van der Waals surface area contributed by atoms with Crippen molar-refractivity contribution >= 4 is 11.3 Å². The highest BCUT2D eigenvalue weighted by molar-refractivity contribution is 7.13. The third-order valence-electron chi connectivity index (χ3n) is 6.36. The van der Waals surface area contributed by atoms with Crippen LogP contribution >= 0.6 is 11.3 Å². The van der Waals surface area contributed by atoms with Gasteiger partial charge in [0.15, 0.2) is 0 Å². The van der Waals surface area contributed by atoms with Gasteiger partial charge in [0.2, 0.25) is 0 Å². The predicted molar refractivity (Wildman–Crippen MR) is 113 cm³/mol. The molecule has 6 rings (SSSR count). The first-order valence-electron chi connectivity index (χ1n) is 10.2. The maximum absolute atomic E-state index is 4.80. The average molecular weight is 394 g/mol. The average Bonchev–Trinajstić information content (AvgIpc) is 3.39. The standard InChI is InChI=1S/C22H27N5S/c1-26-21(12-20(25-26)22-6-4-10-28-22)19-15-27-9-7-16(19)11-18(27)14-23-13-17-5-2-3-8-24-17/h2-6,8,10,12,16,18-19,23H,7,9,11,13-15H2,1H3/t16-,18+,19-/m0/s1. The van der Waals surface area contributed by atoms with Crippen LogP contribution in [0.2, 0.25) is 0 Å². The molecule has 3 aliphatic rings. The van der Waals surface area contributed by atoms with Gasteiger partial charge in [0.25, 0.3) is 0 Å². The molecular weight excluding hydrogens is 366 g/mol. The monoisotopic (exact) mass is 393 g/mol. The number of nitrogens with one attached hydrogen (secondary N) is 1. The molecule has 28 heavy (non-hydrogen) atoms. The number of aromatic nitrogens is 3. The van der Waals surface area contributed by atoms with E-state index in [4.69, 9.17) is 5.10 Å². The molecule has 6 heterocycles. The summed E-state index contributed by atoms with van der Waals surface area (Å²) in [6.07, 6.45) is 4.45. The van der Waals surface area contributed by atoms with E-state index in [-0.39, 0.29) is 0 Å². The van der Waals surface area contributed by atoms with E-state index in [1.807, 2.05) is 12.3 Å². The number of thiophene rings is 1. The Bertz CT molecular complexity index is 904. The summed E-state index contributed by atoms with van der Waals surface area (Å²) in [4.78, 5) is 8.36. The first-order chi connectivity index (χ1) is 13.8. The minimum atomic E-state index is 0.604. The second kappa shape index (κ2) is 7.78. The van der Waals surface area contributed by atoms with Crippen molar-refractivity contribution in [2.75, 3.05) is 19.6 Å². The van der Waals surface area contributed by atoms with Gasteiger partial charge in [-0.25, -0.2) is 0 Å². The van der Waals surface area contributed by atoms with E-state index in [0.717, 1.165) is 36.9 Å². The molecule has 4 atom stereocenters. The Morgan fingerprint density at radius 3 is 2.96 bits per heavy atom. The summed E-state index contributed by atoms with van der Waals surface area (Å²) >= 11 is 1.77. The zero-order valence-electron chi connectivity index (χ0n) is 16.3. The van der Waals surface area contributed by atoms with Crippen LogP contribution in [0.25, 0.3) is 10.6 Å². The van der Waals surface area contributed by atoms with Gasteiger partial charge < -0.3 is 5.32 Å². The van der Waals surface area contributed by atoms with E-state index in [0.29, 0.717) is 12.0 Å². The summed E-state index contributed by atoms with van der Waals surface area (Å²) in [7, 11) is 2.11. The second-order valence-corrected chi connectivity index (χ2v) is 8.99. The molecule has 0 amide bonds. The zero-order valence-corrected chi connectivity index (χ0v) is 17.1. The number of rotatable bonds is 6. The normalized spacial score (nSPS) is 26.6. The SMILES string of the molecule is Cn1nc(-c2cccs2)cc1[C@H]1CN2CC[C@H]1C[C@@H]2CNCc1ccccn1. The van der Waals surface area contributed by atoms with Gasteiger partial charge in [0.1, 0.15) is 5.69 Å². The van der Waals surface area contributed by atoms with Gasteiger partial charge in [-0.3, -0.25) is 14.6 Å². The number of nitrogens with zero attached hydrogens (tertiary/aromatic N) is 4. The first kappa shape index (κ1) is 18.0. The van der Waals surface area contributed by atoms with Crippen LogP contribution in [0, 0.1) is 5.92 Å². The van der Waals surface area contributed by atoms with Gasteiger partial charge in [-0.05, 0) is 54.9 Å². The highest BCUT2D eigenvalue weighted by Crippen LogP contribution is 2.42. The maximum Gasteiger partial charge on any atom is 0.103 e. The molecule has 3 fully saturated rings. The van der Waals surface area contributed by atoms with Crippen molar-refractivity contribution in [1.82, 2.24) is 25.0 Å². The Kier molecular flexibility index (Phi) is 5.01. The van der Waals surface area contributed by atoms with Crippen LogP contribution in [0.1, 0.15) is 30.1 Å². The molecule has 0 radical (unpaired) electrons. The van der Waals surface area contributed by atoms with Crippen molar-refractivity contribution in [3.05, 3.63) is 59.4 Å². The Balaban J connectivity index is 1.23. The fourth-order valence-corrected chi connectivity index (χ4v) is 5.61. The van der Waals surface area contributed by atoms with Crippen molar-refractivity contribution in [1.29, 1.82) is 0 Å². The van der Waals surface area contributed by atoms with Crippen LogP contribution < -0.4 is 5.32 Å². The molecule has 3 saturated heterocycles. The van der Waals surface area contributed by atoms with Crippen molar-refractivity contribution in [3.63, 3.8) is 0 Å². The smallest absolute Gasteiger partial charge is 0.103 e. The highest BCUT2D eigenvalue weighted by Gasteiger charge is 2.41. The Labute approximate surface area is 170 Å². The van der Waals surface area contributed by atoms with Crippen LogP contribution in [-0.4, -0.2) is 45.3 Å². The van der Waals surface area contributed by atoms with E-state index in [9.17, 15) is 0 Å². The Morgan fingerprint density at radius 2 is 2.21 bits per heavy atom. The van der Waals surface area contributed by atoms with Gasteiger partial charge in [0.05, 0.1) is 10.6 Å². The van der Waals surface area contributed by atoms with Crippen molar-refractivity contribution in [2.24, 2.45) is 13.0 Å². The van der Waals surface area contributed by atoms with Gasteiger partial charge in [-0.2, -0.15) is 5.10 Å². The molecule has 1 unspecified atom stereocenters. The molecule has 2 bridgehead atoms. The van der Waals surface area contributed by atoms with Crippen LogP contribution in [0.5, 0.6) is 0 Å².